The highest BCUT2D eigenvalue weighted by atomic mass is 16.5. The fourth-order valence-electron chi connectivity index (χ4n) is 2.12. The molecule has 22 heavy (non-hydrogen) atoms. The Kier molecular flexibility index (Phi) is 4.99. The van der Waals surface area contributed by atoms with E-state index in [1.165, 1.54) is 7.11 Å². The molecule has 0 aliphatic rings. The fourth-order valence-corrected chi connectivity index (χ4v) is 2.12. The number of hydrogen-bond donors (Lipinski definition) is 1. The number of esters is 1. The predicted octanol–water partition coefficient (Wildman–Crippen LogP) is 2.53. The van der Waals surface area contributed by atoms with Gasteiger partial charge in [-0.3, -0.25) is 4.79 Å². The van der Waals surface area contributed by atoms with E-state index in [0.717, 1.165) is 10.8 Å². The number of ether oxygens (including phenoxy) is 2. The highest BCUT2D eigenvalue weighted by molar-refractivity contribution is 5.98. The van der Waals surface area contributed by atoms with E-state index in [1.54, 1.807) is 12.1 Å². The largest absolute Gasteiger partial charge is 0.483 e. The Labute approximate surface area is 129 Å². The van der Waals surface area contributed by atoms with Gasteiger partial charge in [-0.25, -0.2) is 4.79 Å². The molecule has 0 aliphatic heterocycles. The number of fused-ring (bicyclic) bond motifs is 1. The topological polar surface area (TPSA) is 64.6 Å². The summed E-state index contributed by atoms with van der Waals surface area (Å²) in [5.74, 6) is -0.395. The molecule has 2 aromatic carbocycles. The van der Waals surface area contributed by atoms with Gasteiger partial charge >= 0.3 is 5.97 Å². The first-order valence-electron chi connectivity index (χ1n) is 7.04. The number of rotatable bonds is 5. The Morgan fingerprint density at radius 2 is 1.77 bits per heavy atom. The second-order valence-electron chi connectivity index (χ2n) is 5.20. The lowest BCUT2D eigenvalue weighted by molar-refractivity contribution is -0.123. The molecule has 0 unspecified atom stereocenters. The second-order valence-corrected chi connectivity index (χ2v) is 5.20. The van der Waals surface area contributed by atoms with Gasteiger partial charge in [-0.05, 0) is 36.8 Å². The molecule has 0 heterocycles. The Morgan fingerprint density at radius 3 is 2.36 bits per heavy atom. The first-order valence-corrected chi connectivity index (χ1v) is 7.04. The summed E-state index contributed by atoms with van der Waals surface area (Å²) in [7, 11) is 1.31. The Morgan fingerprint density at radius 1 is 1.14 bits per heavy atom. The fraction of sp³-hybridized carbons (Fsp3) is 0.294. The van der Waals surface area contributed by atoms with Gasteiger partial charge in [0, 0.05) is 6.04 Å². The maximum Gasteiger partial charge on any atom is 0.341 e. The SMILES string of the molecule is COC(=O)c1cc2ccccc2cc1OCC(=O)NC(C)C. The van der Waals surface area contributed by atoms with Gasteiger partial charge in [0.05, 0.1) is 7.11 Å². The third-order valence-corrected chi connectivity index (χ3v) is 3.06. The van der Waals surface area contributed by atoms with Crippen LogP contribution in [0.3, 0.4) is 0 Å². The monoisotopic (exact) mass is 301 g/mol. The lowest BCUT2D eigenvalue weighted by Gasteiger charge is -2.13. The van der Waals surface area contributed by atoms with Gasteiger partial charge in [-0.15, -0.1) is 0 Å². The number of amides is 1. The van der Waals surface area contributed by atoms with Gasteiger partial charge < -0.3 is 14.8 Å². The van der Waals surface area contributed by atoms with Crippen molar-refractivity contribution in [2.45, 2.75) is 19.9 Å². The number of benzene rings is 2. The molecule has 0 bridgehead atoms. The zero-order valence-electron chi connectivity index (χ0n) is 12.9. The maximum absolute atomic E-state index is 11.9. The van der Waals surface area contributed by atoms with Crippen LogP contribution in [-0.2, 0) is 9.53 Å². The third kappa shape index (κ3) is 3.75. The summed E-state index contributed by atoms with van der Waals surface area (Å²) in [6.45, 7) is 3.59. The lowest BCUT2D eigenvalue weighted by Crippen LogP contribution is -2.34. The minimum atomic E-state index is -0.495. The van der Waals surface area contributed by atoms with Crippen LogP contribution >= 0.6 is 0 Å². The average Bonchev–Trinajstić information content (AvgIpc) is 2.50. The molecular formula is C17H19NO4. The quantitative estimate of drug-likeness (QED) is 0.862. The van der Waals surface area contributed by atoms with Crippen molar-refractivity contribution < 1.29 is 19.1 Å². The minimum Gasteiger partial charge on any atom is -0.483 e. The molecule has 2 aromatic rings. The molecule has 0 saturated carbocycles. The van der Waals surface area contributed by atoms with Crippen molar-refractivity contribution in [2.24, 2.45) is 0 Å². The summed E-state index contributed by atoms with van der Waals surface area (Å²) in [6.07, 6.45) is 0. The molecular weight excluding hydrogens is 282 g/mol. The lowest BCUT2D eigenvalue weighted by atomic mass is 10.1. The summed E-state index contributed by atoms with van der Waals surface area (Å²) in [5.41, 5.74) is 0.304. The van der Waals surface area contributed by atoms with Crippen molar-refractivity contribution >= 4 is 22.6 Å². The number of methoxy groups -OCH3 is 1. The van der Waals surface area contributed by atoms with Crippen LogP contribution in [0.5, 0.6) is 5.75 Å². The summed E-state index contributed by atoms with van der Waals surface area (Å²) in [6, 6.07) is 11.1. The van der Waals surface area contributed by atoms with Gasteiger partial charge in [0.1, 0.15) is 11.3 Å². The summed E-state index contributed by atoms with van der Waals surface area (Å²) in [4.78, 5) is 23.6. The molecule has 0 radical (unpaired) electrons. The van der Waals surface area contributed by atoms with Crippen molar-refractivity contribution in [2.75, 3.05) is 13.7 Å². The smallest absolute Gasteiger partial charge is 0.341 e. The van der Waals surface area contributed by atoms with E-state index in [9.17, 15) is 9.59 Å². The molecule has 2 rings (SSSR count). The number of carbonyl (C=O) groups is 2. The molecule has 116 valence electrons. The summed E-state index contributed by atoms with van der Waals surface area (Å²) >= 11 is 0. The van der Waals surface area contributed by atoms with E-state index in [4.69, 9.17) is 9.47 Å². The Bertz CT molecular complexity index is 694. The van der Waals surface area contributed by atoms with Crippen molar-refractivity contribution in [3.05, 3.63) is 42.0 Å². The van der Waals surface area contributed by atoms with Crippen LogP contribution in [0.1, 0.15) is 24.2 Å². The molecule has 1 amide bonds. The van der Waals surface area contributed by atoms with Gasteiger partial charge in [-0.1, -0.05) is 24.3 Å². The first kappa shape index (κ1) is 15.8. The van der Waals surface area contributed by atoms with Gasteiger partial charge in [0.2, 0.25) is 0 Å². The molecule has 0 atom stereocenters. The van der Waals surface area contributed by atoms with Crippen LogP contribution in [0.25, 0.3) is 10.8 Å². The van der Waals surface area contributed by atoms with E-state index in [2.05, 4.69) is 5.32 Å². The zero-order chi connectivity index (χ0) is 16.1. The number of nitrogens with one attached hydrogen (secondary N) is 1. The van der Waals surface area contributed by atoms with Crippen LogP contribution in [0.15, 0.2) is 36.4 Å². The number of hydrogen-bond acceptors (Lipinski definition) is 4. The van der Waals surface area contributed by atoms with Crippen LogP contribution in [-0.4, -0.2) is 31.6 Å². The molecule has 0 aliphatic carbocycles. The van der Waals surface area contributed by atoms with E-state index in [1.807, 2.05) is 38.1 Å². The summed E-state index contributed by atoms with van der Waals surface area (Å²) in [5, 5.41) is 4.56. The molecule has 0 aromatic heterocycles. The molecule has 0 saturated heterocycles. The van der Waals surface area contributed by atoms with Crippen molar-refractivity contribution in [1.82, 2.24) is 5.32 Å². The van der Waals surface area contributed by atoms with Crippen molar-refractivity contribution in [3.63, 3.8) is 0 Å². The van der Waals surface area contributed by atoms with Gasteiger partial charge in [0.15, 0.2) is 6.61 Å². The molecule has 0 fully saturated rings. The molecule has 5 nitrogen and oxygen atoms in total. The highest BCUT2D eigenvalue weighted by Gasteiger charge is 2.16. The average molecular weight is 301 g/mol. The van der Waals surface area contributed by atoms with E-state index in [-0.39, 0.29) is 18.6 Å². The second kappa shape index (κ2) is 6.93. The maximum atomic E-state index is 11.9. The van der Waals surface area contributed by atoms with Gasteiger partial charge in [-0.2, -0.15) is 0 Å². The molecule has 0 spiro atoms. The Balaban J connectivity index is 2.29. The van der Waals surface area contributed by atoms with Crippen LogP contribution in [0.2, 0.25) is 0 Å². The van der Waals surface area contributed by atoms with Crippen LogP contribution in [0.4, 0.5) is 0 Å². The van der Waals surface area contributed by atoms with Crippen LogP contribution < -0.4 is 10.1 Å². The standard InChI is InChI=1S/C17H19NO4/c1-11(2)18-16(19)10-22-15-9-13-7-5-4-6-12(13)8-14(15)17(20)21-3/h4-9,11H,10H2,1-3H3,(H,18,19). The van der Waals surface area contributed by atoms with E-state index >= 15 is 0 Å². The molecule has 5 heteroatoms. The minimum absolute atomic E-state index is 0.0350. The van der Waals surface area contributed by atoms with E-state index < -0.39 is 5.97 Å². The van der Waals surface area contributed by atoms with Crippen molar-refractivity contribution in [1.29, 1.82) is 0 Å². The van der Waals surface area contributed by atoms with Crippen LogP contribution in [0, 0.1) is 0 Å². The van der Waals surface area contributed by atoms with E-state index in [0.29, 0.717) is 11.3 Å². The van der Waals surface area contributed by atoms with Gasteiger partial charge in [0.25, 0.3) is 5.91 Å². The molecule has 1 N–H and O–H groups in total. The Hall–Kier alpha value is -2.56. The number of carbonyl (C=O) groups excluding carboxylic acids is 2. The normalized spacial score (nSPS) is 10.5. The highest BCUT2D eigenvalue weighted by Crippen LogP contribution is 2.26. The summed E-state index contributed by atoms with van der Waals surface area (Å²) < 4.78 is 10.3. The zero-order valence-corrected chi connectivity index (χ0v) is 12.9. The predicted molar refractivity (Wildman–Crippen MR) is 84.1 cm³/mol. The third-order valence-electron chi connectivity index (χ3n) is 3.06. The van der Waals surface area contributed by atoms with Crippen molar-refractivity contribution in [3.8, 4) is 5.75 Å². The first-order chi connectivity index (χ1) is 10.5.